The molecule has 18 heavy (non-hydrogen) atoms. The lowest BCUT2D eigenvalue weighted by Gasteiger charge is -2.52. The van der Waals surface area contributed by atoms with E-state index in [2.05, 4.69) is 26.1 Å². The maximum absolute atomic E-state index is 5.78. The molecule has 0 radical (unpaired) electrons. The van der Waals surface area contributed by atoms with Crippen LogP contribution in [0.3, 0.4) is 0 Å². The summed E-state index contributed by atoms with van der Waals surface area (Å²) in [6.45, 7) is 9.62. The molecule has 1 N–H and O–H groups in total. The van der Waals surface area contributed by atoms with Gasteiger partial charge in [0.25, 0.3) is 0 Å². The third-order valence-electron chi connectivity index (χ3n) is 5.06. The van der Waals surface area contributed by atoms with Gasteiger partial charge in [-0.3, -0.25) is 0 Å². The van der Waals surface area contributed by atoms with Crippen molar-refractivity contribution in [3.8, 4) is 0 Å². The molecule has 2 aliphatic carbocycles. The zero-order valence-corrected chi connectivity index (χ0v) is 12.4. The molecule has 0 aliphatic heterocycles. The summed E-state index contributed by atoms with van der Waals surface area (Å²) in [7, 11) is 1.80. The van der Waals surface area contributed by atoms with Crippen LogP contribution in [0, 0.1) is 10.8 Å². The second-order valence-electron chi connectivity index (χ2n) is 6.68. The van der Waals surface area contributed by atoms with Crippen molar-refractivity contribution in [2.45, 2.75) is 58.6 Å². The van der Waals surface area contributed by atoms with Gasteiger partial charge in [-0.1, -0.05) is 13.8 Å². The zero-order valence-electron chi connectivity index (χ0n) is 12.4. The number of ether oxygens (including phenoxy) is 2. The van der Waals surface area contributed by atoms with Gasteiger partial charge in [0.05, 0.1) is 6.10 Å². The molecule has 2 aliphatic rings. The molecule has 2 atom stereocenters. The van der Waals surface area contributed by atoms with E-state index in [0.717, 1.165) is 19.8 Å². The summed E-state index contributed by atoms with van der Waals surface area (Å²) in [6, 6.07) is 0.620. The summed E-state index contributed by atoms with van der Waals surface area (Å²) in [5.74, 6) is 0. The molecule has 0 amide bonds. The van der Waals surface area contributed by atoms with Crippen LogP contribution in [0.5, 0.6) is 0 Å². The number of hydrogen-bond acceptors (Lipinski definition) is 3. The van der Waals surface area contributed by atoms with Crippen molar-refractivity contribution in [3.63, 3.8) is 0 Å². The topological polar surface area (TPSA) is 30.5 Å². The Kier molecular flexibility index (Phi) is 4.35. The third kappa shape index (κ3) is 2.89. The molecule has 2 unspecified atom stereocenters. The smallest absolute Gasteiger partial charge is 0.0655 e. The first-order valence-corrected chi connectivity index (χ1v) is 7.38. The lowest BCUT2D eigenvalue weighted by atomic mass is 9.64. The molecule has 0 saturated heterocycles. The Balaban J connectivity index is 1.72. The first-order chi connectivity index (χ1) is 8.54. The molecule has 0 aromatic carbocycles. The molecule has 0 spiro atoms. The van der Waals surface area contributed by atoms with Gasteiger partial charge in [0.15, 0.2) is 0 Å². The van der Waals surface area contributed by atoms with E-state index in [0.29, 0.717) is 17.6 Å². The summed E-state index contributed by atoms with van der Waals surface area (Å²) in [5, 5.41) is 3.77. The average Bonchev–Trinajstić information content (AvgIpc) is 3.11. The molecule has 0 heterocycles. The largest absolute Gasteiger partial charge is 0.385 e. The molecule has 2 fully saturated rings. The van der Waals surface area contributed by atoms with Crippen LogP contribution in [0.2, 0.25) is 0 Å². The average molecular weight is 255 g/mol. The van der Waals surface area contributed by atoms with Crippen molar-refractivity contribution >= 4 is 0 Å². The second-order valence-corrected chi connectivity index (χ2v) is 6.68. The van der Waals surface area contributed by atoms with Crippen LogP contribution in [0.1, 0.15) is 46.5 Å². The summed E-state index contributed by atoms with van der Waals surface area (Å²) >= 11 is 0. The van der Waals surface area contributed by atoms with Crippen molar-refractivity contribution in [3.05, 3.63) is 0 Å². The summed E-state index contributed by atoms with van der Waals surface area (Å²) in [4.78, 5) is 0. The fourth-order valence-electron chi connectivity index (χ4n) is 3.07. The van der Waals surface area contributed by atoms with Crippen molar-refractivity contribution in [1.82, 2.24) is 5.32 Å². The van der Waals surface area contributed by atoms with E-state index >= 15 is 0 Å². The molecule has 2 rings (SSSR count). The van der Waals surface area contributed by atoms with Crippen LogP contribution in [-0.4, -0.2) is 39.0 Å². The quantitative estimate of drug-likeness (QED) is 0.723. The SMILES string of the molecule is CCOC1CC(NCC2(CCOC)CC2)C1(C)C. The lowest BCUT2D eigenvalue weighted by molar-refractivity contribution is -0.115. The van der Waals surface area contributed by atoms with Gasteiger partial charge in [-0.05, 0) is 38.0 Å². The fourth-order valence-corrected chi connectivity index (χ4v) is 3.07. The Morgan fingerprint density at radius 3 is 2.50 bits per heavy atom. The Hall–Kier alpha value is -0.120. The standard InChI is InChI=1S/C15H29NO2/c1-5-18-13-10-12(14(13,2)3)16-11-15(6-7-15)8-9-17-4/h12-13,16H,5-11H2,1-4H3. The highest BCUT2D eigenvalue weighted by atomic mass is 16.5. The van der Waals surface area contributed by atoms with Gasteiger partial charge >= 0.3 is 0 Å². The van der Waals surface area contributed by atoms with Crippen LogP contribution >= 0.6 is 0 Å². The molecular formula is C15H29NO2. The Morgan fingerprint density at radius 1 is 1.28 bits per heavy atom. The third-order valence-corrected chi connectivity index (χ3v) is 5.06. The van der Waals surface area contributed by atoms with E-state index in [1.165, 1.54) is 25.7 Å². The van der Waals surface area contributed by atoms with Crippen LogP contribution < -0.4 is 5.32 Å². The monoisotopic (exact) mass is 255 g/mol. The number of hydrogen-bond donors (Lipinski definition) is 1. The first kappa shape index (κ1) is 14.3. The highest BCUT2D eigenvalue weighted by Gasteiger charge is 2.50. The minimum atomic E-state index is 0.285. The predicted octanol–water partition coefficient (Wildman–Crippen LogP) is 2.60. The van der Waals surface area contributed by atoms with Gasteiger partial charge in [0, 0.05) is 38.3 Å². The molecule has 3 nitrogen and oxygen atoms in total. The molecule has 106 valence electrons. The van der Waals surface area contributed by atoms with Crippen molar-refractivity contribution in [1.29, 1.82) is 0 Å². The van der Waals surface area contributed by atoms with Crippen molar-refractivity contribution < 1.29 is 9.47 Å². The van der Waals surface area contributed by atoms with Crippen LogP contribution in [0.25, 0.3) is 0 Å². The predicted molar refractivity (Wildman–Crippen MR) is 73.8 cm³/mol. The van der Waals surface area contributed by atoms with Gasteiger partial charge in [0.2, 0.25) is 0 Å². The maximum atomic E-state index is 5.78. The number of rotatable bonds is 8. The van der Waals surface area contributed by atoms with Gasteiger partial charge < -0.3 is 14.8 Å². The molecule has 0 bridgehead atoms. The van der Waals surface area contributed by atoms with Gasteiger partial charge in [0.1, 0.15) is 0 Å². The maximum Gasteiger partial charge on any atom is 0.0655 e. The number of nitrogens with one attached hydrogen (secondary N) is 1. The first-order valence-electron chi connectivity index (χ1n) is 7.38. The minimum absolute atomic E-state index is 0.285. The summed E-state index contributed by atoms with van der Waals surface area (Å²) in [5.41, 5.74) is 0.830. The summed E-state index contributed by atoms with van der Waals surface area (Å²) < 4.78 is 11.0. The van der Waals surface area contributed by atoms with Crippen LogP contribution in [0.4, 0.5) is 0 Å². The van der Waals surface area contributed by atoms with Gasteiger partial charge in [-0.15, -0.1) is 0 Å². The Labute approximate surface area is 112 Å². The highest BCUT2D eigenvalue weighted by molar-refractivity contribution is 5.05. The lowest BCUT2D eigenvalue weighted by Crippen LogP contribution is -2.61. The molecule has 0 aromatic heterocycles. The van der Waals surface area contributed by atoms with Crippen LogP contribution in [0.15, 0.2) is 0 Å². The van der Waals surface area contributed by atoms with E-state index in [1.807, 2.05) is 0 Å². The number of methoxy groups -OCH3 is 1. The molecule has 0 aromatic rings. The van der Waals surface area contributed by atoms with E-state index in [9.17, 15) is 0 Å². The summed E-state index contributed by atoms with van der Waals surface area (Å²) in [6.07, 6.45) is 5.55. The Bertz CT molecular complexity index is 274. The van der Waals surface area contributed by atoms with E-state index < -0.39 is 0 Å². The normalized spacial score (nSPS) is 32.0. The fraction of sp³-hybridized carbons (Fsp3) is 1.00. The van der Waals surface area contributed by atoms with Gasteiger partial charge in [-0.25, -0.2) is 0 Å². The zero-order chi connectivity index (χ0) is 13.2. The Morgan fingerprint density at radius 2 is 2.00 bits per heavy atom. The van der Waals surface area contributed by atoms with E-state index in [4.69, 9.17) is 9.47 Å². The second kappa shape index (κ2) is 5.48. The molecular weight excluding hydrogens is 226 g/mol. The van der Waals surface area contributed by atoms with E-state index in [-0.39, 0.29) is 5.41 Å². The van der Waals surface area contributed by atoms with Crippen molar-refractivity contribution in [2.24, 2.45) is 10.8 Å². The van der Waals surface area contributed by atoms with E-state index in [1.54, 1.807) is 7.11 Å². The van der Waals surface area contributed by atoms with Crippen LogP contribution in [-0.2, 0) is 9.47 Å². The van der Waals surface area contributed by atoms with Gasteiger partial charge in [-0.2, -0.15) is 0 Å². The minimum Gasteiger partial charge on any atom is -0.385 e. The molecule has 2 saturated carbocycles. The highest BCUT2D eigenvalue weighted by Crippen LogP contribution is 2.49. The molecule has 3 heteroatoms. The van der Waals surface area contributed by atoms with Crippen molar-refractivity contribution in [2.75, 3.05) is 26.9 Å².